The van der Waals surface area contributed by atoms with Crippen molar-refractivity contribution in [1.29, 1.82) is 0 Å². The zero-order valence-corrected chi connectivity index (χ0v) is 15.0. The summed E-state index contributed by atoms with van der Waals surface area (Å²) in [5, 5.41) is 3.33. The van der Waals surface area contributed by atoms with Crippen LogP contribution in [0.5, 0.6) is 5.75 Å². The first-order valence-electron chi connectivity index (χ1n) is 6.59. The Morgan fingerprint density at radius 1 is 1.19 bits per heavy atom. The van der Waals surface area contributed by atoms with E-state index >= 15 is 0 Å². The van der Waals surface area contributed by atoms with Crippen LogP contribution in [0.15, 0.2) is 45.3 Å². The molecule has 2 aromatic carbocycles. The highest BCUT2D eigenvalue weighted by molar-refractivity contribution is 9.10. The van der Waals surface area contributed by atoms with Gasteiger partial charge in [0.1, 0.15) is 11.6 Å². The quantitative estimate of drug-likeness (QED) is 0.735. The van der Waals surface area contributed by atoms with Crippen LogP contribution in [0.3, 0.4) is 0 Å². The minimum atomic E-state index is -0.240. The average Bonchev–Trinajstić information content (AvgIpc) is 2.48. The zero-order valence-electron chi connectivity index (χ0n) is 11.8. The van der Waals surface area contributed by atoms with Gasteiger partial charge in [-0.3, -0.25) is 0 Å². The Balaban J connectivity index is 2.48. The van der Waals surface area contributed by atoms with Crippen LogP contribution in [0.1, 0.15) is 24.1 Å². The highest BCUT2D eigenvalue weighted by Gasteiger charge is 2.19. The summed E-state index contributed by atoms with van der Waals surface area (Å²) < 4.78 is 20.9. The number of methoxy groups -OCH3 is 1. The molecular formula is C16H16Br2FNO. The van der Waals surface area contributed by atoms with E-state index in [0.717, 1.165) is 22.3 Å². The number of hydrogen-bond donors (Lipinski definition) is 1. The second-order valence-electron chi connectivity index (χ2n) is 4.53. The van der Waals surface area contributed by atoms with Crippen molar-refractivity contribution in [2.45, 2.75) is 13.0 Å². The molecule has 0 heterocycles. The van der Waals surface area contributed by atoms with Gasteiger partial charge in [0.05, 0.1) is 22.1 Å². The Morgan fingerprint density at radius 2 is 1.95 bits per heavy atom. The first-order chi connectivity index (χ1) is 10.1. The molecule has 0 amide bonds. The Morgan fingerprint density at radius 3 is 2.57 bits per heavy atom. The number of benzene rings is 2. The lowest BCUT2D eigenvalue weighted by Gasteiger charge is -2.21. The average molecular weight is 417 g/mol. The minimum Gasteiger partial charge on any atom is -0.496 e. The molecule has 0 bridgehead atoms. The van der Waals surface area contributed by atoms with E-state index < -0.39 is 0 Å². The van der Waals surface area contributed by atoms with Crippen LogP contribution in [-0.2, 0) is 0 Å². The molecule has 1 unspecified atom stereocenters. The highest BCUT2D eigenvalue weighted by atomic mass is 79.9. The summed E-state index contributed by atoms with van der Waals surface area (Å²) in [4.78, 5) is 0. The van der Waals surface area contributed by atoms with Gasteiger partial charge >= 0.3 is 0 Å². The fourth-order valence-corrected chi connectivity index (χ4v) is 3.16. The molecule has 0 aliphatic heterocycles. The van der Waals surface area contributed by atoms with E-state index in [4.69, 9.17) is 4.74 Å². The second-order valence-corrected chi connectivity index (χ2v) is 6.24. The maximum absolute atomic E-state index is 14.4. The van der Waals surface area contributed by atoms with Gasteiger partial charge in [-0.1, -0.05) is 25.1 Å². The molecule has 21 heavy (non-hydrogen) atoms. The largest absolute Gasteiger partial charge is 0.496 e. The van der Waals surface area contributed by atoms with Crippen molar-refractivity contribution in [3.63, 3.8) is 0 Å². The normalized spacial score (nSPS) is 12.2. The number of halogens is 3. The lowest BCUT2D eigenvalue weighted by molar-refractivity contribution is 0.411. The Labute approximate surface area is 141 Å². The first-order valence-corrected chi connectivity index (χ1v) is 8.17. The summed E-state index contributed by atoms with van der Waals surface area (Å²) in [5.41, 5.74) is 1.59. The van der Waals surface area contributed by atoms with E-state index in [1.165, 1.54) is 0 Å². The first kappa shape index (κ1) is 16.5. The SMILES string of the molecule is CCNC(c1ccc(OC)c(Br)c1)c1cccc(Br)c1F. The molecule has 0 aliphatic carbocycles. The van der Waals surface area contributed by atoms with Gasteiger partial charge in [0.15, 0.2) is 0 Å². The van der Waals surface area contributed by atoms with Crippen molar-refractivity contribution in [3.8, 4) is 5.75 Å². The van der Waals surface area contributed by atoms with E-state index in [0.29, 0.717) is 10.0 Å². The predicted octanol–water partition coefficient (Wildman–Crippen LogP) is 5.06. The van der Waals surface area contributed by atoms with Crippen LogP contribution in [0, 0.1) is 5.82 Å². The molecule has 2 nitrogen and oxygen atoms in total. The van der Waals surface area contributed by atoms with Gasteiger partial charge in [-0.05, 0) is 62.2 Å². The van der Waals surface area contributed by atoms with Crippen molar-refractivity contribution in [1.82, 2.24) is 5.32 Å². The Hall–Kier alpha value is -0.910. The topological polar surface area (TPSA) is 21.3 Å². The van der Waals surface area contributed by atoms with Gasteiger partial charge in [-0.2, -0.15) is 0 Å². The van der Waals surface area contributed by atoms with E-state index in [1.54, 1.807) is 19.2 Å². The third-order valence-corrected chi connectivity index (χ3v) is 4.44. The van der Waals surface area contributed by atoms with Crippen LogP contribution in [0.25, 0.3) is 0 Å². The number of hydrogen-bond acceptors (Lipinski definition) is 2. The summed E-state index contributed by atoms with van der Waals surface area (Å²) in [6.07, 6.45) is 0. The smallest absolute Gasteiger partial charge is 0.142 e. The van der Waals surface area contributed by atoms with Gasteiger partial charge in [0.25, 0.3) is 0 Å². The maximum Gasteiger partial charge on any atom is 0.142 e. The van der Waals surface area contributed by atoms with Crippen molar-refractivity contribution in [2.24, 2.45) is 0 Å². The predicted molar refractivity (Wildman–Crippen MR) is 90.3 cm³/mol. The van der Waals surface area contributed by atoms with Gasteiger partial charge in [0, 0.05) is 5.56 Å². The Kier molecular flexibility index (Phi) is 5.79. The van der Waals surface area contributed by atoms with Crippen molar-refractivity contribution in [3.05, 3.63) is 62.3 Å². The highest BCUT2D eigenvalue weighted by Crippen LogP contribution is 2.33. The molecule has 5 heteroatoms. The monoisotopic (exact) mass is 415 g/mol. The van der Waals surface area contributed by atoms with Gasteiger partial charge in [-0.15, -0.1) is 0 Å². The molecule has 112 valence electrons. The molecular weight excluding hydrogens is 401 g/mol. The molecule has 0 fully saturated rings. The summed E-state index contributed by atoms with van der Waals surface area (Å²) in [5.74, 6) is 0.513. The Bertz CT molecular complexity index is 634. The second kappa shape index (κ2) is 7.38. The van der Waals surface area contributed by atoms with Crippen molar-refractivity contribution >= 4 is 31.9 Å². The lowest BCUT2D eigenvalue weighted by atomic mass is 9.98. The molecule has 0 saturated carbocycles. The fourth-order valence-electron chi connectivity index (χ4n) is 2.22. The van der Waals surface area contributed by atoms with Crippen molar-refractivity contribution in [2.75, 3.05) is 13.7 Å². The number of rotatable bonds is 5. The molecule has 1 N–H and O–H groups in total. The van der Waals surface area contributed by atoms with Gasteiger partial charge in [0.2, 0.25) is 0 Å². The molecule has 1 atom stereocenters. The standard InChI is InChI=1S/C16H16Br2FNO/c1-3-20-16(11-5-4-6-12(17)15(11)19)10-7-8-14(21-2)13(18)9-10/h4-9,16,20H,3H2,1-2H3. The van der Waals surface area contributed by atoms with Crippen LogP contribution >= 0.6 is 31.9 Å². The van der Waals surface area contributed by atoms with Crippen LogP contribution < -0.4 is 10.1 Å². The zero-order chi connectivity index (χ0) is 15.4. The van der Waals surface area contributed by atoms with Crippen molar-refractivity contribution < 1.29 is 9.13 Å². The van der Waals surface area contributed by atoms with E-state index in [2.05, 4.69) is 37.2 Å². The summed E-state index contributed by atoms with van der Waals surface area (Å²) >= 11 is 6.72. The molecule has 0 aliphatic rings. The van der Waals surface area contributed by atoms with Crippen LogP contribution in [0.4, 0.5) is 4.39 Å². The lowest BCUT2D eigenvalue weighted by Crippen LogP contribution is -2.23. The molecule has 0 radical (unpaired) electrons. The molecule has 0 saturated heterocycles. The van der Waals surface area contributed by atoms with Crippen LogP contribution in [0.2, 0.25) is 0 Å². The third-order valence-electron chi connectivity index (χ3n) is 3.21. The molecule has 2 aromatic rings. The summed E-state index contributed by atoms with van der Waals surface area (Å²) in [7, 11) is 1.62. The van der Waals surface area contributed by atoms with Crippen LogP contribution in [-0.4, -0.2) is 13.7 Å². The fraction of sp³-hybridized carbons (Fsp3) is 0.250. The maximum atomic E-state index is 14.4. The summed E-state index contributed by atoms with van der Waals surface area (Å²) in [6.45, 7) is 2.74. The third kappa shape index (κ3) is 3.65. The van der Waals surface area contributed by atoms with E-state index in [-0.39, 0.29) is 11.9 Å². The minimum absolute atomic E-state index is 0.213. The molecule has 2 rings (SSSR count). The number of ether oxygens (including phenoxy) is 1. The summed E-state index contributed by atoms with van der Waals surface area (Å²) in [6, 6.07) is 10.9. The number of nitrogens with one attached hydrogen (secondary N) is 1. The van der Waals surface area contributed by atoms with Gasteiger partial charge in [-0.25, -0.2) is 4.39 Å². The van der Waals surface area contributed by atoms with E-state index in [1.807, 2.05) is 31.2 Å². The van der Waals surface area contributed by atoms with Gasteiger partial charge < -0.3 is 10.1 Å². The molecule has 0 aromatic heterocycles. The van der Waals surface area contributed by atoms with E-state index in [9.17, 15) is 4.39 Å². The molecule has 0 spiro atoms.